The fourth-order valence-corrected chi connectivity index (χ4v) is 4.43. The Morgan fingerprint density at radius 2 is 1.43 bits per heavy atom. The second kappa shape index (κ2) is 8.10. The molecule has 3 aromatic rings. The molecule has 0 amide bonds. The van der Waals surface area contributed by atoms with Crippen LogP contribution in [0.25, 0.3) is 0 Å². The van der Waals surface area contributed by atoms with Crippen molar-refractivity contribution in [3.63, 3.8) is 0 Å². The molecule has 3 aromatic carbocycles. The molecule has 7 nitrogen and oxygen atoms in total. The summed E-state index contributed by atoms with van der Waals surface area (Å²) in [5.41, 5.74) is 0.972. The molecule has 0 radical (unpaired) electrons. The first-order valence-electron chi connectivity index (χ1n) is 8.55. The standard InChI is InChI=1S/C20H19N3O4S/c1-16(21-17-8-4-2-5-9-17)22(18-12-14-19(15-13-18)23(24)25)28(26,27)20-10-6-3-7-11-20/h2-16,21H,1H3. The highest BCUT2D eigenvalue weighted by Gasteiger charge is 2.29. The van der Waals surface area contributed by atoms with Gasteiger partial charge in [-0.1, -0.05) is 36.4 Å². The number of sulfonamides is 1. The third-order valence-corrected chi connectivity index (χ3v) is 6.03. The molecule has 0 aliphatic rings. The van der Waals surface area contributed by atoms with Crippen molar-refractivity contribution in [1.82, 2.24) is 0 Å². The van der Waals surface area contributed by atoms with Crippen molar-refractivity contribution in [1.29, 1.82) is 0 Å². The van der Waals surface area contributed by atoms with Crippen LogP contribution in [-0.4, -0.2) is 19.5 Å². The smallest absolute Gasteiger partial charge is 0.269 e. The van der Waals surface area contributed by atoms with Crippen LogP contribution in [0.5, 0.6) is 0 Å². The first-order chi connectivity index (χ1) is 13.4. The molecule has 1 N–H and O–H groups in total. The van der Waals surface area contributed by atoms with E-state index in [9.17, 15) is 18.5 Å². The lowest BCUT2D eigenvalue weighted by molar-refractivity contribution is -0.384. The van der Waals surface area contributed by atoms with Crippen molar-refractivity contribution >= 4 is 27.1 Å². The van der Waals surface area contributed by atoms with E-state index in [0.717, 1.165) is 5.69 Å². The SMILES string of the molecule is CC(Nc1ccccc1)N(c1ccc([N+](=O)[O-])cc1)S(=O)(=O)c1ccccc1. The van der Waals surface area contributed by atoms with Crippen LogP contribution in [0.15, 0.2) is 89.8 Å². The van der Waals surface area contributed by atoms with Gasteiger partial charge in [-0.15, -0.1) is 0 Å². The lowest BCUT2D eigenvalue weighted by Crippen LogP contribution is -2.43. The Kier molecular flexibility index (Phi) is 5.60. The van der Waals surface area contributed by atoms with E-state index in [-0.39, 0.29) is 10.6 Å². The number of non-ortho nitro benzene ring substituents is 1. The van der Waals surface area contributed by atoms with Crippen LogP contribution >= 0.6 is 0 Å². The van der Waals surface area contributed by atoms with Gasteiger partial charge in [0, 0.05) is 17.8 Å². The summed E-state index contributed by atoms with van der Waals surface area (Å²) in [4.78, 5) is 10.5. The second-order valence-electron chi connectivity index (χ2n) is 6.07. The third-order valence-electron chi connectivity index (χ3n) is 4.12. The number of hydrogen-bond donors (Lipinski definition) is 1. The number of anilines is 2. The number of nitrogens with zero attached hydrogens (tertiary/aromatic N) is 2. The molecule has 28 heavy (non-hydrogen) atoms. The zero-order valence-electron chi connectivity index (χ0n) is 15.1. The third kappa shape index (κ3) is 4.12. The van der Waals surface area contributed by atoms with Crippen molar-refractivity contribution in [3.8, 4) is 0 Å². The quantitative estimate of drug-likeness (QED) is 0.365. The van der Waals surface area contributed by atoms with Crippen LogP contribution < -0.4 is 9.62 Å². The lowest BCUT2D eigenvalue weighted by Gasteiger charge is -2.31. The highest BCUT2D eigenvalue weighted by molar-refractivity contribution is 7.92. The normalized spacial score (nSPS) is 12.2. The number of nitrogens with one attached hydrogen (secondary N) is 1. The number of nitro groups is 1. The average Bonchev–Trinajstić information content (AvgIpc) is 2.70. The van der Waals surface area contributed by atoms with Crippen LogP contribution in [0, 0.1) is 10.1 Å². The predicted molar refractivity (Wildman–Crippen MR) is 109 cm³/mol. The molecule has 0 saturated heterocycles. The van der Waals surface area contributed by atoms with Gasteiger partial charge in [0.15, 0.2) is 0 Å². The van der Waals surface area contributed by atoms with Gasteiger partial charge in [0.2, 0.25) is 0 Å². The van der Waals surface area contributed by atoms with E-state index in [4.69, 9.17) is 0 Å². The molecule has 1 unspecified atom stereocenters. The maximum absolute atomic E-state index is 13.3. The average molecular weight is 397 g/mol. The summed E-state index contributed by atoms with van der Waals surface area (Å²) in [5, 5.41) is 14.1. The number of nitro benzene ring substituents is 1. The summed E-state index contributed by atoms with van der Waals surface area (Å²) in [7, 11) is -3.91. The highest BCUT2D eigenvalue weighted by Crippen LogP contribution is 2.28. The molecule has 0 heterocycles. The van der Waals surface area contributed by atoms with Crippen molar-refractivity contribution in [2.75, 3.05) is 9.62 Å². The van der Waals surface area contributed by atoms with Crippen LogP contribution in [0.4, 0.5) is 17.1 Å². The Labute approximate surface area is 163 Å². The molecule has 3 rings (SSSR count). The number of rotatable bonds is 7. The highest BCUT2D eigenvalue weighted by atomic mass is 32.2. The molecule has 0 aromatic heterocycles. The van der Waals surface area contributed by atoms with Crippen LogP contribution in [0.2, 0.25) is 0 Å². The second-order valence-corrected chi connectivity index (χ2v) is 7.89. The van der Waals surface area contributed by atoms with Crippen molar-refractivity contribution in [2.45, 2.75) is 18.0 Å². The van der Waals surface area contributed by atoms with Crippen LogP contribution in [0.1, 0.15) is 6.92 Å². The van der Waals surface area contributed by atoms with Crippen LogP contribution in [0.3, 0.4) is 0 Å². The maximum atomic E-state index is 13.3. The Bertz CT molecular complexity index is 1040. The van der Waals surface area contributed by atoms with E-state index in [0.29, 0.717) is 5.69 Å². The minimum Gasteiger partial charge on any atom is -0.365 e. The Balaban J connectivity index is 2.04. The summed E-state index contributed by atoms with van der Waals surface area (Å²) in [6.07, 6.45) is -0.644. The summed E-state index contributed by atoms with van der Waals surface area (Å²) in [5.74, 6) is 0. The number of hydrogen-bond acceptors (Lipinski definition) is 5. The van der Waals surface area contributed by atoms with Gasteiger partial charge in [-0.2, -0.15) is 0 Å². The van der Waals surface area contributed by atoms with Gasteiger partial charge in [0.25, 0.3) is 15.7 Å². The topological polar surface area (TPSA) is 92.5 Å². The van der Waals surface area contributed by atoms with Crippen LogP contribution in [-0.2, 0) is 10.0 Å². The van der Waals surface area contributed by atoms with Crippen molar-refractivity contribution < 1.29 is 13.3 Å². The molecule has 0 spiro atoms. The number of benzene rings is 3. The molecular weight excluding hydrogens is 378 g/mol. The van der Waals surface area contributed by atoms with Gasteiger partial charge in [0.1, 0.15) is 6.17 Å². The molecule has 0 saturated carbocycles. The molecule has 0 fully saturated rings. The largest absolute Gasteiger partial charge is 0.365 e. The van der Waals surface area contributed by atoms with Gasteiger partial charge in [-0.25, -0.2) is 12.7 Å². The summed E-state index contributed by atoms with van der Waals surface area (Å²) in [6.45, 7) is 1.72. The fourth-order valence-electron chi connectivity index (χ4n) is 2.83. The zero-order chi connectivity index (χ0) is 20.1. The Hall–Kier alpha value is -3.39. The molecule has 0 aliphatic carbocycles. The van der Waals surface area contributed by atoms with Gasteiger partial charge in [-0.3, -0.25) is 10.1 Å². The summed E-state index contributed by atoms with van der Waals surface area (Å²) in [6, 6.07) is 22.7. The van der Waals surface area contributed by atoms with E-state index in [1.165, 1.54) is 40.7 Å². The molecule has 8 heteroatoms. The van der Waals surface area contributed by atoms with Gasteiger partial charge < -0.3 is 5.32 Å². The molecule has 144 valence electrons. The molecule has 0 bridgehead atoms. The van der Waals surface area contributed by atoms with Crippen molar-refractivity contribution in [3.05, 3.63) is 95.0 Å². The van der Waals surface area contributed by atoms with E-state index < -0.39 is 21.1 Å². The predicted octanol–water partition coefficient (Wildman–Crippen LogP) is 4.25. The Morgan fingerprint density at radius 1 is 0.893 bits per heavy atom. The minimum absolute atomic E-state index is 0.107. The van der Waals surface area contributed by atoms with Crippen molar-refractivity contribution in [2.24, 2.45) is 0 Å². The lowest BCUT2D eigenvalue weighted by atomic mass is 10.2. The first-order valence-corrected chi connectivity index (χ1v) is 9.99. The van der Waals surface area contributed by atoms with Gasteiger partial charge in [-0.05, 0) is 43.3 Å². The molecular formula is C20H19N3O4S. The maximum Gasteiger partial charge on any atom is 0.269 e. The summed E-state index contributed by atoms with van der Waals surface area (Å²) < 4.78 is 27.9. The van der Waals surface area contributed by atoms with E-state index in [2.05, 4.69) is 5.32 Å². The molecule has 0 aliphatic heterocycles. The Morgan fingerprint density at radius 3 is 1.96 bits per heavy atom. The first kappa shape index (κ1) is 19.4. The summed E-state index contributed by atoms with van der Waals surface area (Å²) >= 11 is 0. The van der Waals surface area contributed by atoms with E-state index in [1.807, 2.05) is 30.3 Å². The van der Waals surface area contributed by atoms with Gasteiger partial charge >= 0.3 is 0 Å². The monoisotopic (exact) mass is 397 g/mol. The fraction of sp³-hybridized carbons (Fsp3) is 0.100. The number of para-hydroxylation sites is 1. The molecule has 1 atom stereocenters. The van der Waals surface area contributed by atoms with E-state index in [1.54, 1.807) is 25.1 Å². The van der Waals surface area contributed by atoms with E-state index >= 15 is 0 Å². The zero-order valence-corrected chi connectivity index (χ0v) is 15.9. The minimum atomic E-state index is -3.91. The van der Waals surface area contributed by atoms with Gasteiger partial charge in [0.05, 0.1) is 15.5 Å².